The summed E-state index contributed by atoms with van der Waals surface area (Å²) in [4.78, 5) is 27.0. The first-order valence-electron chi connectivity index (χ1n) is 11.1. The van der Waals surface area contributed by atoms with Crippen molar-refractivity contribution in [2.75, 3.05) is 25.4 Å². The second kappa shape index (κ2) is 8.96. The van der Waals surface area contributed by atoms with Crippen molar-refractivity contribution in [1.29, 1.82) is 0 Å². The molecule has 0 unspecified atom stereocenters. The molecule has 3 N–H and O–H groups in total. The number of nitrogens with zero attached hydrogens (tertiary/aromatic N) is 5. The first-order chi connectivity index (χ1) is 14.8. The fourth-order valence-corrected chi connectivity index (χ4v) is 4.49. The van der Waals surface area contributed by atoms with Crippen molar-refractivity contribution in [2.24, 2.45) is 0 Å². The second-order valence-corrected chi connectivity index (χ2v) is 9.38. The molecule has 3 atom stereocenters. The van der Waals surface area contributed by atoms with Gasteiger partial charge in [0.2, 0.25) is 0 Å². The van der Waals surface area contributed by atoms with Crippen LogP contribution in [0.2, 0.25) is 0 Å². The van der Waals surface area contributed by atoms with Gasteiger partial charge in [-0.05, 0) is 59.4 Å². The van der Waals surface area contributed by atoms with E-state index in [2.05, 4.69) is 25.2 Å². The third-order valence-electron chi connectivity index (χ3n) is 5.87. The van der Waals surface area contributed by atoms with E-state index in [4.69, 9.17) is 15.2 Å². The van der Waals surface area contributed by atoms with Gasteiger partial charge in [0.15, 0.2) is 11.5 Å². The van der Waals surface area contributed by atoms with Crippen LogP contribution in [0.5, 0.6) is 0 Å². The van der Waals surface area contributed by atoms with Crippen LogP contribution in [0.1, 0.15) is 59.1 Å². The van der Waals surface area contributed by atoms with Gasteiger partial charge in [0.05, 0.1) is 12.4 Å². The van der Waals surface area contributed by atoms with Gasteiger partial charge in [0.25, 0.3) is 0 Å². The summed E-state index contributed by atoms with van der Waals surface area (Å²) in [5.74, 6) is 0.387. The molecule has 31 heavy (non-hydrogen) atoms. The number of nitrogen functional groups attached to an aromatic ring is 1. The molecule has 4 rings (SSSR count). The molecule has 2 fully saturated rings. The molecule has 2 aliphatic heterocycles. The van der Waals surface area contributed by atoms with E-state index >= 15 is 0 Å². The van der Waals surface area contributed by atoms with Crippen LogP contribution in [-0.2, 0) is 9.47 Å². The number of aromatic nitrogens is 4. The van der Waals surface area contributed by atoms with Gasteiger partial charge in [-0.25, -0.2) is 19.7 Å². The van der Waals surface area contributed by atoms with Crippen molar-refractivity contribution in [3.63, 3.8) is 0 Å². The van der Waals surface area contributed by atoms with E-state index in [0.717, 1.165) is 38.8 Å². The molecule has 2 aromatic heterocycles. The van der Waals surface area contributed by atoms with Crippen molar-refractivity contribution in [3.8, 4) is 0 Å². The second-order valence-electron chi connectivity index (χ2n) is 9.38. The summed E-state index contributed by atoms with van der Waals surface area (Å²) >= 11 is 0. The Morgan fingerprint density at radius 2 is 2.13 bits per heavy atom. The molecular formula is C21H33N7O3. The number of carbonyl (C=O) groups is 1. The number of fused-ring (bicyclic) bond motifs is 1. The highest BCUT2D eigenvalue weighted by Crippen LogP contribution is 2.32. The maximum atomic E-state index is 11.9. The number of alkyl carbamates (subject to hydrolysis) is 1. The van der Waals surface area contributed by atoms with E-state index in [0.29, 0.717) is 29.6 Å². The Hall–Kier alpha value is -2.46. The number of carbonyl (C=O) groups excluding carboxylic acids is 1. The molecule has 0 spiro atoms. The average molecular weight is 432 g/mol. The molecule has 0 aromatic carbocycles. The standard InChI is InChI=1S/C21H33N7O3/c1-21(2,3)31-20(29)23-9-8-14-5-4-10-27(14)11-15-6-7-16(30-15)28-13-26-17-18(22)24-12-25-19(17)28/h12-16H,4-11H2,1-3H3,(H,23,29)(H2,22,24,25)/t14-,15-,16+/m0/s1. The highest BCUT2D eigenvalue weighted by atomic mass is 16.6. The number of nitrogens with two attached hydrogens (primary N) is 1. The molecule has 1 amide bonds. The lowest BCUT2D eigenvalue weighted by Crippen LogP contribution is -2.39. The summed E-state index contributed by atoms with van der Waals surface area (Å²) in [6.45, 7) is 8.20. The Labute approximate surface area is 182 Å². The predicted molar refractivity (Wildman–Crippen MR) is 116 cm³/mol. The summed E-state index contributed by atoms with van der Waals surface area (Å²) < 4.78 is 13.6. The van der Waals surface area contributed by atoms with Crippen molar-refractivity contribution in [2.45, 2.75) is 76.9 Å². The zero-order chi connectivity index (χ0) is 22.0. The fourth-order valence-electron chi connectivity index (χ4n) is 4.49. The van der Waals surface area contributed by atoms with Gasteiger partial charge in [-0.15, -0.1) is 0 Å². The molecule has 0 aliphatic carbocycles. The molecule has 10 nitrogen and oxygen atoms in total. The number of rotatable bonds is 6. The SMILES string of the molecule is CC(C)(C)OC(=O)NCC[C@@H]1CCCN1C[C@@H]1CC[C@H](n2cnc3c(N)ncnc32)O1. The van der Waals surface area contributed by atoms with Crippen molar-refractivity contribution >= 4 is 23.1 Å². The summed E-state index contributed by atoms with van der Waals surface area (Å²) in [5, 5.41) is 2.88. The fraction of sp³-hybridized carbons (Fsp3) is 0.714. The van der Waals surface area contributed by atoms with E-state index in [1.165, 1.54) is 12.7 Å². The number of hydrogen-bond donors (Lipinski definition) is 2. The number of ether oxygens (including phenoxy) is 2. The minimum absolute atomic E-state index is 0.0841. The monoisotopic (exact) mass is 431 g/mol. The molecule has 0 radical (unpaired) electrons. The molecule has 10 heteroatoms. The van der Waals surface area contributed by atoms with Crippen LogP contribution in [0.25, 0.3) is 11.2 Å². The zero-order valence-electron chi connectivity index (χ0n) is 18.6. The quantitative estimate of drug-likeness (QED) is 0.716. The van der Waals surface area contributed by atoms with Gasteiger partial charge in [0, 0.05) is 19.1 Å². The smallest absolute Gasteiger partial charge is 0.407 e. The number of likely N-dealkylation sites (tertiary alicyclic amines) is 1. The maximum Gasteiger partial charge on any atom is 0.407 e. The van der Waals surface area contributed by atoms with Gasteiger partial charge in [-0.1, -0.05) is 0 Å². The van der Waals surface area contributed by atoms with Crippen LogP contribution in [0, 0.1) is 0 Å². The average Bonchev–Trinajstić information content (AvgIpc) is 3.41. The van der Waals surface area contributed by atoms with E-state index in [1.54, 1.807) is 6.33 Å². The normalized spacial score (nSPS) is 24.7. The van der Waals surface area contributed by atoms with Crippen LogP contribution >= 0.6 is 0 Å². The summed E-state index contributed by atoms with van der Waals surface area (Å²) in [7, 11) is 0. The Morgan fingerprint density at radius 3 is 2.94 bits per heavy atom. The number of amides is 1. The van der Waals surface area contributed by atoms with E-state index in [-0.39, 0.29) is 18.4 Å². The molecule has 0 saturated carbocycles. The first-order valence-corrected chi connectivity index (χ1v) is 11.1. The Balaban J connectivity index is 1.27. The zero-order valence-corrected chi connectivity index (χ0v) is 18.6. The molecule has 170 valence electrons. The van der Waals surface area contributed by atoms with E-state index < -0.39 is 5.60 Å². The van der Waals surface area contributed by atoms with Crippen LogP contribution in [0.15, 0.2) is 12.7 Å². The number of anilines is 1. The molecule has 0 bridgehead atoms. The van der Waals surface area contributed by atoms with E-state index in [1.807, 2.05) is 25.3 Å². The lowest BCUT2D eigenvalue weighted by Gasteiger charge is -2.27. The minimum Gasteiger partial charge on any atom is -0.444 e. The van der Waals surface area contributed by atoms with Crippen molar-refractivity contribution < 1.29 is 14.3 Å². The van der Waals surface area contributed by atoms with Gasteiger partial charge in [-0.3, -0.25) is 9.47 Å². The van der Waals surface area contributed by atoms with E-state index in [9.17, 15) is 4.79 Å². The Bertz CT molecular complexity index is 910. The third-order valence-corrected chi connectivity index (χ3v) is 5.87. The number of imidazole rings is 1. The van der Waals surface area contributed by atoms with Crippen LogP contribution < -0.4 is 11.1 Å². The van der Waals surface area contributed by atoms with Crippen LogP contribution in [0.3, 0.4) is 0 Å². The Morgan fingerprint density at radius 1 is 1.29 bits per heavy atom. The molecule has 2 aliphatic rings. The summed E-state index contributed by atoms with van der Waals surface area (Å²) in [6, 6.07) is 0.458. The topological polar surface area (TPSA) is 120 Å². The van der Waals surface area contributed by atoms with Gasteiger partial charge in [-0.2, -0.15) is 0 Å². The third kappa shape index (κ3) is 5.24. The first kappa shape index (κ1) is 21.8. The van der Waals surface area contributed by atoms with Gasteiger partial charge < -0.3 is 20.5 Å². The molecule has 2 saturated heterocycles. The predicted octanol–water partition coefficient (Wildman–Crippen LogP) is 2.47. The highest BCUT2D eigenvalue weighted by molar-refractivity contribution is 5.81. The lowest BCUT2D eigenvalue weighted by atomic mass is 10.1. The lowest BCUT2D eigenvalue weighted by molar-refractivity contribution is -0.0137. The van der Waals surface area contributed by atoms with Crippen molar-refractivity contribution in [1.82, 2.24) is 29.7 Å². The van der Waals surface area contributed by atoms with Gasteiger partial charge >= 0.3 is 6.09 Å². The maximum absolute atomic E-state index is 11.9. The molecule has 2 aromatic rings. The summed E-state index contributed by atoms with van der Waals surface area (Å²) in [5.41, 5.74) is 6.76. The molecular weight excluding hydrogens is 398 g/mol. The van der Waals surface area contributed by atoms with Crippen LogP contribution in [0.4, 0.5) is 10.6 Å². The number of nitrogens with one attached hydrogen (secondary N) is 1. The largest absolute Gasteiger partial charge is 0.444 e. The van der Waals surface area contributed by atoms with Crippen molar-refractivity contribution in [3.05, 3.63) is 12.7 Å². The highest BCUT2D eigenvalue weighted by Gasteiger charge is 2.33. The Kier molecular flexibility index (Phi) is 6.29. The van der Waals surface area contributed by atoms with Crippen LogP contribution in [-0.4, -0.2) is 67.9 Å². The number of hydrogen-bond acceptors (Lipinski definition) is 8. The van der Waals surface area contributed by atoms with Gasteiger partial charge in [0.1, 0.15) is 23.7 Å². The summed E-state index contributed by atoms with van der Waals surface area (Å²) in [6.07, 6.45) is 8.08. The minimum atomic E-state index is -0.474. The molecule has 4 heterocycles.